The van der Waals surface area contributed by atoms with Crippen LogP contribution in [0, 0.1) is 6.92 Å². The molecule has 0 amide bonds. The molecule has 0 spiro atoms. The lowest BCUT2D eigenvalue weighted by atomic mass is 10.1. The predicted molar refractivity (Wildman–Crippen MR) is 84.5 cm³/mol. The Kier molecular flexibility index (Phi) is 4.81. The third-order valence-electron chi connectivity index (χ3n) is 3.08. The third-order valence-corrected chi connectivity index (χ3v) is 3.83. The average molecular weight is 302 g/mol. The number of benzene rings is 2. The minimum Gasteiger partial charge on any atom is -0.508 e. The lowest BCUT2D eigenvalue weighted by Crippen LogP contribution is -1.99. The van der Waals surface area contributed by atoms with Crippen molar-refractivity contribution >= 4 is 23.6 Å². The number of rotatable bonds is 4. The van der Waals surface area contributed by atoms with Crippen LogP contribution in [0.1, 0.15) is 21.5 Å². The van der Waals surface area contributed by atoms with E-state index in [9.17, 15) is 14.3 Å². The van der Waals surface area contributed by atoms with E-state index in [1.807, 2.05) is 6.26 Å². The van der Waals surface area contributed by atoms with Crippen molar-refractivity contribution in [2.45, 2.75) is 11.8 Å². The number of carbonyl (C=O) groups excluding carboxylic acids is 1. The molecule has 0 bridgehead atoms. The van der Waals surface area contributed by atoms with Gasteiger partial charge in [0.05, 0.1) is 0 Å². The monoisotopic (exact) mass is 302 g/mol. The zero-order valence-corrected chi connectivity index (χ0v) is 12.6. The Bertz CT molecular complexity index is 690. The number of Topliss-reactive ketones (excluding diaryl/α,β-unsaturated/α-hetero) is 1. The van der Waals surface area contributed by atoms with Crippen molar-refractivity contribution < 1.29 is 14.3 Å². The van der Waals surface area contributed by atoms with Crippen LogP contribution in [0.25, 0.3) is 6.08 Å². The van der Waals surface area contributed by atoms with Gasteiger partial charge in [-0.3, -0.25) is 4.79 Å². The van der Waals surface area contributed by atoms with Gasteiger partial charge in [-0.25, -0.2) is 4.39 Å². The molecule has 2 aromatic carbocycles. The van der Waals surface area contributed by atoms with Crippen LogP contribution >= 0.6 is 11.8 Å². The summed E-state index contributed by atoms with van der Waals surface area (Å²) in [5.74, 6) is -1.32. The zero-order valence-electron chi connectivity index (χ0n) is 11.8. The minimum atomic E-state index is -0.822. The first-order valence-corrected chi connectivity index (χ1v) is 7.59. The third kappa shape index (κ3) is 3.73. The van der Waals surface area contributed by atoms with Gasteiger partial charge in [-0.2, -0.15) is 0 Å². The van der Waals surface area contributed by atoms with E-state index in [1.165, 1.54) is 12.1 Å². The molecule has 21 heavy (non-hydrogen) atoms. The minimum absolute atomic E-state index is 0.145. The SMILES string of the molecule is CSc1ccc(C(=O)/C(F)=C/c2ccc(O)c(C)c2)cc1. The van der Waals surface area contributed by atoms with E-state index in [0.717, 1.165) is 4.90 Å². The fraction of sp³-hybridized carbons (Fsp3) is 0.118. The summed E-state index contributed by atoms with van der Waals surface area (Å²) in [6.45, 7) is 1.72. The molecule has 0 saturated carbocycles. The van der Waals surface area contributed by atoms with Crippen molar-refractivity contribution in [1.29, 1.82) is 0 Å². The van der Waals surface area contributed by atoms with Crippen LogP contribution < -0.4 is 0 Å². The number of carbonyl (C=O) groups is 1. The number of ketones is 1. The molecule has 0 heterocycles. The van der Waals surface area contributed by atoms with Crippen molar-refractivity contribution in [2.24, 2.45) is 0 Å². The summed E-state index contributed by atoms with van der Waals surface area (Å²) in [5, 5.41) is 9.43. The van der Waals surface area contributed by atoms with E-state index in [1.54, 1.807) is 55.1 Å². The largest absolute Gasteiger partial charge is 0.508 e. The first kappa shape index (κ1) is 15.3. The number of hydrogen-bond acceptors (Lipinski definition) is 3. The molecule has 0 saturated heterocycles. The molecule has 0 aliphatic carbocycles. The van der Waals surface area contributed by atoms with Crippen molar-refractivity contribution in [3.63, 3.8) is 0 Å². The molecule has 4 heteroatoms. The molecule has 2 rings (SSSR count). The second-order valence-corrected chi connectivity index (χ2v) is 5.48. The summed E-state index contributed by atoms with van der Waals surface area (Å²) in [6.07, 6.45) is 3.11. The van der Waals surface area contributed by atoms with Gasteiger partial charge in [0, 0.05) is 10.5 Å². The molecule has 0 aromatic heterocycles. The summed E-state index contributed by atoms with van der Waals surface area (Å²) < 4.78 is 14.0. The van der Waals surface area contributed by atoms with Crippen LogP contribution in [0.15, 0.2) is 53.2 Å². The number of allylic oxidation sites excluding steroid dienone is 1. The van der Waals surface area contributed by atoms with Crippen LogP contribution in [0.2, 0.25) is 0 Å². The second kappa shape index (κ2) is 6.59. The molecular formula is C17H15FO2S. The molecule has 2 nitrogen and oxygen atoms in total. The van der Waals surface area contributed by atoms with Gasteiger partial charge < -0.3 is 5.11 Å². The number of phenolic OH excluding ortho intramolecular Hbond substituents is 1. The van der Waals surface area contributed by atoms with Crippen LogP contribution in [-0.2, 0) is 0 Å². The van der Waals surface area contributed by atoms with Gasteiger partial charge in [0.15, 0.2) is 5.83 Å². The molecule has 0 aliphatic rings. The zero-order chi connectivity index (χ0) is 15.4. The fourth-order valence-electron chi connectivity index (χ4n) is 1.86. The van der Waals surface area contributed by atoms with E-state index in [2.05, 4.69) is 0 Å². The topological polar surface area (TPSA) is 37.3 Å². The Morgan fingerprint density at radius 1 is 1.19 bits per heavy atom. The van der Waals surface area contributed by atoms with Gasteiger partial charge in [0.25, 0.3) is 0 Å². The highest BCUT2D eigenvalue weighted by atomic mass is 32.2. The van der Waals surface area contributed by atoms with Gasteiger partial charge in [-0.1, -0.05) is 6.07 Å². The fourth-order valence-corrected chi connectivity index (χ4v) is 2.27. The van der Waals surface area contributed by atoms with Crippen LogP contribution in [0.5, 0.6) is 5.75 Å². The molecule has 0 fully saturated rings. The smallest absolute Gasteiger partial charge is 0.221 e. The number of hydrogen-bond donors (Lipinski definition) is 1. The Morgan fingerprint density at radius 2 is 1.86 bits per heavy atom. The van der Waals surface area contributed by atoms with Gasteiger partial charge in [0.2, 0.25) is 5.78 Å². The van der Waals surface area contributed by atoms with Gasteiger partial charge in [0.1, 0.15) is 5.75 Å². The summed E-state index contributed by atoms with van der Waals surface area (Å²) >= 11 is 1.56. The summed E-state index contributed by atoms with van der Waals surface area (Å²) in [4.78, 5) is 13.0. The second-order valence-electron chi connectivity index (χ2n) is 4.60. The summed E-state index contributed by atoms with van der Waals surface area (Å²) in [6, 6.07) is 11.5. The number of aryl methyl sites for hydroxylation is 1. The van der Waals surface area contributed by atoms with Crippen molar-refractivity contribution in [3.05, 3.63) is 65.0 Å². The van der Waals surface area contributed by atoms with E-state index in [0.29, 0.717) is 16.7 Å². The van der Waals surface area contributed by atoms with E-state index >= 15 is 0 Å². The molecule has 108 valence electrons. The Morgan fingerprint density at radius 3 is 2.43 bits per heavy atom. The van der Waals surface area contributed by atoms with Crippen LogP contribution in [-0.4, -0.2) is 17.1 Å². The highest BCUT2D eigenvalue weighted by molar-refractivity contribution is 7.98. The maximum atomic E-state index is 14.0. The lowest BCUT2D eigenvalue weighted by molar-refractivity contribution is 0.101. The quantitative estimate of drug-likeness (QED) is 0.509. The number of thioether (sulfide) groups is 1. The first-order chi connectivity index (χ1) is 10.0. The molecule has 1 N–H and O–H groups in total. The first-order valence-electron chi connectivity index (χ1n) is 6.37. The van der Waals surface area contributed by atoms with E-state index < -0.39 is 11.6 Å². The highest BCUT2D eigenvalue weighted by Crippen LogP contribution is 2.21. The molecule has 0 aliphatic heterocycles. The Labute approximate surface area is 127 Å². The molecule has 0 radical (unpaired) electrons. The Hall–Kier alpha value is -2.07. The Balaban J connectivity index is 2.24. The van der Waals surface area contributed by atoms with Crippen LogP contribution in [0.3, 0.4) is 0 Å². The number of aromatic hydroxyl groups is 1. The lowest BCUT2D eigenvalue weighted by Gasteiger charge is -2.02. The normalized spacial score (nSPS) is 11.5. The van der Waals surface area contributed by atoms with Gasteiger partial charge in [-0.05, 0) is 66.8 Å². The van der Waals surface area contributed by atoms with E-state index in [4.69, 9.17) is 0 Å². The maximum Gasteiger partial charge on any atom is 0.221 e. The molecule has 0 unspecified atom stereocenters. The van der Waals surface area contributed by atoms with E-state index in [-0.39, 0.29) is 5.75 Å². The molecule has 2 aromatic rings. The van der Waals surface area contributed by atoms with Crippen LogP contribution in [0.4, 0.5) is 4.39 Å². The molecule has 0 atom stereocenters. The van der Waals surface area contributed by atoms with Crippen molar-refractivity contribution in [2.75, 3.05) is 6.26 Å². The van der Waals surface area contributed by atoms with Gasteiger partial charge in [-0.15, -0.1) is 11.8 Å². The maximum absolute atomic E-state index is 14.0. The number of halogens is 1. The average Bonchev–Trinajstić information content (AvgIpc) is 2.50. The highest BCUT2D eigenvalue weighted by Gasteiger charge is 2.12. The summed E-state index contributed by atoms with van der Waals surface area (Å²) in [5.41, 5.74) is 1.49. The standard InChI is InChI=1S/C17H15FO2S/c1-11-9-12(3-8-16(11)19)10-15(18)17(20)13-4-6-14(21-2)7-5-13/h3-10,19H,1-2H3/b15-10-. The van der Waals surface area contributed by atoms with Crippen molar-refractivity contribution in [1.82, 2.24) is 0 Å². The number of phenols is 1. The predicted octanol–water partition coefficient (Wildman–Crippen LogP) is 4.62. The summed E-state index contributed by atoms with van der Waals surface area (Å²) in [7, 11) is 0. The van der Waals surface area contributed by atoms with Gasteiger partial charge >= 0.3 is 0 Å². The van der Waals surface area contributed by atoms with Crippen molar-refractivity contribution in [3.8, 4) is 5.75 Å². The molecular weight excluding hydrogens is 287 g/mol.